The average molecular weight is 374 g/mol. The first kappa shape index (κ1) is 22.0. The van der Waals surface area contributed by atoms with E-state index in [0.29, 0.717) is 5.56 Å². The van der Waals surface area contributed by atoms with E-state index >= 15 is 0 Å². The van der Waals surface area contributed by atoms with Crippen LogP contribution in [-0.4, -0.2) is 18.8 Å². The Balaban J connectivity index is 0.00000484. The molecular formula is C15H20Cl2F3NO2. The lowest BCUT2D eigenvalue weighted by atomic mass is 9.82. The van der Waals surface area contributed by atoms with Gasteiger partial charge in [-0.1, -0.05) is 17.7 Å². The number of carbonyl (C=O) groups excluding carboxylic acids is 1. The van der Waals surface area contributed by atoms with Gasteiger partial charge in [0.15, 0.2) is 0 Å². The van der Waals surface area contributed by atoms with Crippen molar-refractivity contribution < 1.29 is 22.7 Å². The van der Waals surface area contributed by atoms with E-state index in [1.165, 1.54) is 18.2 Å². The maximum absolute atomic E-state index is 13.1. The zero-order valence-corrected chi connectivity index (χ0v) is 14.6. The number of rotatable bonds is 5. The first-order chi connectivity index (χ1) is 9.99. The molecule has 0 aliphatic rings. The Morgan fingerprint density at radius 2 is 1.87 bits per heavy atom. The summed E-state index contributed by atoms with van der Waals surface area (Å²) in [6.45, 7) is 4.01. The Morgan fingerprint density at radius 3 is 2.35 bits per heavy atom. The van der Waals surface area contributed by atoms with Crippen LogP contribution >= 0.6 is 24.0 Å². The lowest BCUT2D eigenvalue weighted by Gasteiger charge is -2.29. The zero-order chi connectivity index (χ0) is 17.1. The normalized spacial score (nSPS) is 13.2. The smallest absolute Gasteiger partial charge is 0.397 e. The molecule has 8 heteroatoms. The number of hydrogen-bond acceptors (Lipinski definition) is 3. The summed E-state index contributed by atoms with van der Waals surface area (Å²) in [6.07, 6.45) is -4.56. The molecule has 2 N–H and O–H groups in total. The van der Waals surface area contributed by atoms with E-state index in [9.17, 15) is 18.0 Å². The standard InChI is InChI=1S/C15H19ClF3NO2.ClH/c1-4-22-13(21)8-12(20)9-5-10(7-11(16)6-9)14(2,3)15(17,18)19;/h5-7,12H,4,8,20H2,1-3H3;1H/t12-;/m0./s1. The number of hydrogen-bond donors (Lipinski definition) is 1. The van der Waals surface area contributed by atoms with E-state index in [1.807, 2.05) is 0 Å². The van der Waals surface area contributed by atoms with Gasteiger partial charge in [0.1, 0.15) is 0 Å². The predicted octanol–water partition coefficient (Wildman–Crippen LogP) is 4.55. The molecule has 0 aliphatic heterocycles. The number of ether oxygens (including phenoxy) is 1. The van der Waals surface area contributed by atoms with Gasteiger partial charge in [-0.05, 0) is 44.0 Å². The monoisotopic (exact) mass is 373 g/mol. The fraction of sp³-hybridized carbons (Fsp3) is 0.533. The van der Waals surface area contributed by atoms with Crippen molar-refractivity contribution in [3.05, 3.63) is 34.3 Å². The Bertz CT molecular complexity index is 548. The van der Waals surface area contributed by atoms with E-state index in [2.05, 4.69) is 0 Å². The van der Waals surface area contributed by atoms with Gasteiger partial charge >= 0.3 is 12.1 Å². The number of halogens is 5. The van der Waals surface area contributed by atoms with Crippen molar-refractivity contribution in [3.63, 3.8) is 0 Å². The van der Waals surface area contributed by atoms with Crippen LogP contribution in [0.5, 0.6) is 0 Å². The van der Waals surface area contributed by atoms with E-state index < -0.39 is 23.6 Å². The van der Waals surface area contributed by atoms with Gasteiger partial charge in [0.05, 0.1) is 18.4 Å². The minimum Gasteiger partial charge on any atom is -0.466 e. The van der Waals surface area contributed by atoms with Crippen molar-refractivity contribution in [1.82, 2.24) is 0 Å². The first-order valence-corrected chi connectivity index (χ1v) is 7.15. The summed E-state index contributed by atoms with van der Waals surface area (Å²) in [4.78, 5) is 11.4. The third-order valence-corrected chi connectivity index (χ3v) is 3.69. The second kappa shape index (κ2) is 8.22. The summed E-state index contributed by atoms with van der Waals surface area (Å²) in [5, 5.41) is 0.143. The predicted molar refractivity (Wildman–Crippen MR) is 86.0 cm³/mol. The second-order valence-electron chi connectivity index (χ2n) is 5.51. The number of carbonyl (C=O) groups is 1. The molecule has 1 aromatic carbocycles. The van der Waals surface area contributed by atoms with Crippen molar-refractivity contribution in [3.8, 4) is 0 Å². The molecule has 0 bridgehead atoms. The number of esters is 1. The quantitative estimate of drug-likeness (QED) is 0.769. The highest BCUT2D eigenvalue weighted by Crippen LogP contribution is 2.41. The van der Waals surface area contributed by atoms with Gasteiger partial charge in [0, 0.05) is 11.1 Å². The molecule has 0 heterocycles. The highest BCUT2D eigenvalue weighted by atomic mass is 35.5. The van der Waals surface area contributed by atoms with Gasteiger partial charge in [-0.25, -0.2) is 0 Å². The Morgan fingerprint density at radius 1 is 1.30 bits per heavy atom. The molecule has 0 fully saturated rings. The third-order valence-electron chi connectivity index (χ3n) is 3.47. The fourth-order valence-corrected chi connectivity index (χ4v) is 2.11. The minimum absolute atomic E-state index is 0. The van der Waals surface area contributed by atoms with Gasteiger partial charge < -0.3 is 10.5 Å². The summed E-state index contributed by atoms with van der Waals surface area (Å²) in [5.74, 6) is -0.508. The van der Waals surface area contributed by atoms with Crippen LogP contribution in [0.3, 0.4) is 0 Å². The molecular weight excluding hydrogens is 354 g/mol. The maximum atomic E-state index is 13.1. The molecule has 0 saturated carbocycles. The van der Waals surface area contributed by atoms with Crippen LogP contribution in [0.25, 0.3) is 0 Å². The molecule has 1 atom stereocenters. The summed E-state index contributed by atoms with van der Waals surface area (Å²) >= 11 is 5.91. The maximum Gasteiger partial charge on any atom is 0.397 e. The van der Waals surface area contributed by atoms with E-state index in [1.54, 1.807) is 6.92 Å². The molecule has 0 spiro atoms. The number of alkyl halides is 3. The Hall–Kier alpha value is -0.980. The van der Waals surface area contributed by atoms with Crippen LogP contribution in [0.4, 0.5) is 13.2 Å². The molecule has 0 saturated heterocycles. The van der Waals surface area contributed by atoms with Crippen LogP contribution in [0.2, 0.25) is 5.02 Å². The van der Waals surface area contributed by atoms with Crippen LogP contribution in [-0.2, 0) is 14.9 Å². The highest BCUT2D eigenvalue weighted by molar-refractivity contribution is 6.30. The minimum atomic E-state index is -4.43. The van der Waals surface area contributed by atoms with Crippen LogP contribution in [0.15, 0.2) is 18.2 Å². The van der Waals surface area contributed by atoms with Gasteiger partial charge in [-0.15, -0.1) is 12.4 Å². The first-order valence-electron chi connectivity index (χ1n) is 6.78. The summed E-state index contributed by atoms with van der Waals surface area (Å²) in [7, 11) is 0. The van der Waals surface area contributed by atoms with E-state index in [4.69, 9.17) is 22.1 Å². The summed E-state index contributed by atoms with van der Waals surface area (Å²) < 4.78 is 44.2. The number of nitrogens with two attached hydrogens (primary N) is 1. The van der Waals surface area contributed by atoms with Gasteiger partial charge in [0.2, 0.25) is 0 Å². The Kier molecular flexibility index (Phi) is 7.87. The van der Waals surface area contributed by atoms with Gasteiger partial charge in [0.25, 0.3) is 0 Å². The molecule has 1 rings (SSSR count). The lowest BCUT2D eigenvalue weighted by Crippen LogP contribution is -2.36. The summed E-state index contributed by atoms with van der Waals surface area (Å²) in [5.41, 5.74) is 4.17. The largest absolute Gasteiger partial charge is 0.466 e. The highest BCUT2D eigenvalue weighted by Gasteiger charge is 2.48. The zero-order valence-electron chi connectivity index (χ0n) is 13.0. The average Bonchev–Trinajstić information content (AvgIpc) is 2.36. The molecule has 0 radical (unpaired) electrons. The van der Waals surface area contributed by atoms with Gasteiger partial charge in [-0.3, -0.25) is 4.79 Å². The lowest BCUT2D eigenvalue weighted by molar-refractivity contribution is -0.180. The van der Waals surface area contributed by atoms with Crippen LogP contribution in [0.1, 0.15) is 44.4 Å². The van der Waals surface area contributed by atoms with Crippen molar-refractivity contribution >= 4 is 30.0 Å². The third kappa shape index (κ3) is 5.55. The SMILES string of the molecule is CCOC(=O)C[C@H](N)c1cc(Cl)cc(C(C)(C)C(F)(F)F)c1.Cl. The van der Waals surface area contributed by atoms with E-state index in [0.717, 1.165) is 13.8 Å². The molecule has 0 amide bonds. The Labute approximate surface area is 144 Å². The van der Waals surface area contributed by atoms with Crippen molar-refractivity contribution in [2.24, 2.45) is 5.73 Å². The van der Waals surface area contributed by atoms with Crippen molar-refractivity contribution in [1.29, 1.82) is 0 Å². The fourth-order valence-electron chi connectivity index (χ4n) is 1.87. The molecule has 1 aromatic rings. The van der Waals surface area contributed by atoms with Gasteiger partial charge in [-0.2, -0.15) is 13.2 Å². The topological polar surface area (TPSA) is 52.3 Å². The van der Waals surface area contributed by atoms with E-state index in [-0.39, 0.29) is 36.0 Å². The van der Waals surface area contributed by atoms with Crippen LogP contribution < -0.4 is 5.73 Å². The van der Waals surface area contributed by atoms with Crippen molar-refractivity contribution in [2.75, 3.05) is 6.61 Å². The van der Waals surface area contributed by atoms with Crippen molar-refractivity contribution in [2.45, 2.75) is 44.8 Å². The second-order valence-corrected chi connectivity index (χ2v) is 5.95. The molecule has 0 aliphatic carbocycles. The molecule has 0 aromatic heterocycles. The summed E-state index contributed by atoms with van der Waals surface area (Å²) in [6, 6.07) is 3.28. The number of benzene rings is 1. The van der Waals surface area contributed by atoms with Crippen LogP contribution in [0, 0.1) is 0 Å². The molecule has 0 unspecified atom stereocenters. The molecule has 3 nitrogen and oxygen atoms in total. The molecule has 23 heavy (non-hydrogen) atoms. The molecule has 132 valence electrons.